The second-order valence-electron chi connectivity index (χ2n) is 9.08. The third kappa shape index (κ3) is 4.22. The molecule has 166 valence electrons. The zero-order valence-corrected chi connectivity index (χ0v) is 19.4. The minimum Gasteiger partial charge on any atom is -0.340 e. The Balaban J connectivity index is 1.54. The predicted molar refractivity (Wildman–Crippen MR) is 128 cm³/mol. The van der Waals surface area contributed by atoms with Crippen molar-refractivity contribution in [1.82, 2.24) is 19.9 Å². The first-order chi connectivity index (χ1) is 15.3. The number of likely N-dealkylation sites (tertiary alicyclic amines) is 1. The lowest BCUT2D eigenvalue weighted by Crippen LogP contribution is -2.35. The van der Waals surface area contributed by atoms with Gasteiger partial charge in [-0.1, -0.05) is 25.3 Å². The molecule has 1 amide bonds. The smallest absolute Gasteiger partial charge is 0.254 e. The van der Waals surface area contributed by atoms with E-state index in [2.05, 4.69) is 33.0 Å². The first kappa shape index (κ1) is 21.9. The summed E-state index contributed by atoms with van der Waals surface area (Å²) in [6.45, 7) is 19.1. The number of hydrogen-bond donors (Lipinski definition) is 0. The topological polar surface area (TPSA) is 62.2 Å². The molecule has 6 nitrogen and oxygen atoms in total. The van der Waals surface area contributed by atoms with Gasteiger partial charge in [-0.2, -0.15) is 0 Å². The van der Waals surface area contributed by atoms with Crippen LogP contribution in [0.5, 0.6) is 0 Å². The van der Waals surface area contributed by atoms with Crippen LogP contribution in [0.25, 0.3) is 5.57 Å². The number of nitrogens with zero attached hydrogens (tertiary/aromatic N) is 5. The fourth-order valence-corrected chi connectivity index (χ4v) is 4.82. The maximum Gasteiger partial charge on any atom is 0.254 e. The van der Waals surface area contributed by atoms with E-state index in [9.17, 15) is 4.79 Å². The minimum absolute atomic E-state index is 0.0124. The zero-order chi connectivity index (χ0) is 23.0. The van der Waals surface area contributed by atoms with Gasteiger partial charge in [0.05, 0.1) is 11.3 Å². The number of hydrogen-bond acceptors (Lipinski definition) is 5. The standard InChI is InChI=1S/C26H31N5O/c1-7-22(23-9-8-17(4)11-27-23)24(16(2)3)25(32)30-12-20-14-31(15-21(20)13-30)26-28-18(5)10-19(6)29-26/h7-11,20-21H,1-2,12-15H2,3-6H3/b24-22-. The van der Waals surface area contributed by atoms with Crippen molar-refractivity contribution in [3.8, 4) is 0 Å². The molecule has 0 saturated carbocycles. The van der Waals surface area contributed by atoms with Crippen molar-refractivity contribution in [3.63, 3.8) is 0 Å². The average Bonchev–Trinajstić information content (AvgIpc) is 3.31. The van der Waals surface area contributed by atoms with Crippen LogP contribution >= 0.6 is 0 Å². The van der Waals surface area contributed by atoms with Gasteiger partial charge in [-0.25, -0.2) is 9.97 Å². The van der Waals surface area contributed by atoms with E-state index < -0.39 is 0 Å². The highest BCUT2D eigenvalue weighted by atomic mass is 16.2. The maximum atomic E-state index is 13.6. The number of rotatable bonds is 5. The highest BCUT2D eigenvalue weighted by Gasteiger charge is 2.43. The third-order valence-electron chi connectivity index (χ3n) is 6.33. The Morgan fingerprint density at radius 1 is 1.06 bits per heavy atom. The molecule has 2 saturated heterocycles. The van der Waals surface area contributed by atoms with Crippen molar-refractivity contribution >= 4 is 17.4 Å². The quantitative estimate of drug-likeness (QED) is 0.533. The van der Waals surface area contributed by atoms with Gasteiger partial charge in [-0.3, -0.25) is 9.78 Å². The van der Waals surface area contributed by atoms with Gasteiger partial charge in [-0.05, 0) is 51.0 Å². The number of carbonyl (C=O) groups is 1. The Kier molecular flexibility index (Phi) is 5.96. The van der Waals surface area contributed by atoms with Gasteiger partial charge in [0.25, 0.3) is 5.91 Å². The highest BCUT2D eigenvalue weighted by molar-refractivity contribution is 6.06. The molecule has 0 aliphatic carbocycles. The molecule has 0 spiro atoms. The zero-order valence-electron chi connectivity index (χ0n) is 19.4. The van der Waals surface area contributed by atoms with Crippen molar-refractivity contribution in [2.75, 3.05) is 31.1 Å². The summed E-state index contributed by atoms with van der Waals surface area (Å²) in [5.41, 5.74) is 5.86. The summed E-state index contributed by atoms with van der Waals surface area (Å²) in [6.07, 6.45) is 3.53. The molecule has 2 aromatic heterocycles. The van der Waals surface area contributed by atoms with Crippen molar-refractivity contribution in [3.05, 3.63) is 77.4 Å². The first-order valence-electron chi connectivity index (χ1n) is 11.1. The van der Waals surface area contributed by atoms with Gasteiger partial charge >= 0.3 is 0 Å². The van der Waals surface area contributed by atoms with Crippen LogP contribution in [0, 0.1) is 32.6 Å². The van der Waals surface area contributed by atoms with Crippen molar-refractivity contribution in [2.24, 2.45) is 11.8 Å². The Morgan fingerprint density at radius 3 is 2.19 bits per heavy atom. The number of aryl methyl sites for hydroxylation is 3. The van der Waals surface area contributed by atoms with Crippen LogP contribution < -0.4 is 4.90 Å². The number of aromatic nitrogens is 3. The third-order valence-corrected chi connectivity index (χ3v) is 6.33. The molecular weight excluding hydrogens is 398 g/mol. The summed E-state index contributed by atoms with van der Waals surface area (Å²) in [5.74, 6) is 1.65. The van der Waals surface area contributed by atoms with Crippen molar-refractivity contribution in [2.45, 2.75) is 27.7 Å². The largest absolute Gasteiger partial charge is 0.340 e. The number of allylic oxidation sites excluding steroid dienone is 2. The van der Waals surface area contributed by atoms with E-state index >= 15 is 0 Å². The molecule has 2 unspecified atom stereocenters. The highest BCUT2D eigenvalue weighted by Crippen LogP contribution is 2.35. The number of fused-ring (bicyclic) bond motifs is 1. The Labute approximate surface area is 190 Å². The second-order valence-corrected chi connectivity index (χ2v) is 9.08. The fourth-order valence-electron chi connectivity index (χ4n) is 4.82. The monoisotopic (exact) mass is 429 g/mol. The maximum absolute atomic E-state index is 13.6. The Bertz CT molecular complexity index is 1070. The van der Waals surface area contributed by atoms with Crippen LogP contribution in [-0.4, -0.2) is 51.9 Å². The Hall–Kier alpha value is -3.28. The molecule has 4 rings (SSSR count). The van der Waals surface area contributed by atoms with Gasteiger partial charge in [-0.15, -0.1) is 0 Å². The van der Waals surface area contributed by atoms with Crippen molar-refractivity contribution in [1.29, 1.82) is 0 Å². The van der Waals surface area contributed by atoms with Crippen LogP contribution in [0.4, 0.5) is 5.95 Å². The van der Waals surface area contributed by atoms with E-state index in [1.54, 1.807) is 6.08 Å². The summed E-state index contributed by atoms with van der Waals surface area (Å²) < 4.78 is 0. The van der Waals surface area contributed by atoms with Crippen LogP contribution in [-0.2, 0) is 4.79 Å². The molecular formula is C26H31N5O. The minimum atomic E-state index is 0.0124. The molecule has 32 heavy (non-hydrogen) atoms. The second kappa shape index (κ2) is 8.69. The molecule has 0 bridgehead atoms. The van der Waals surface area contributed by atoms with E-state index in [0.717, 1.165) is 65.9 Å². The number of carbonyl (C=O) groups excluding carboxylic acids is 1. The van der Waals surface area contributed by atoms with Gasteiger partial charge in [0, 0.05) is 61.2 Å². The molecule has 2 fully saturated rings. The average molecular weight is 430 g/mol. The summed E-state index contributed by atoms with van der Waals surface area (Å²) in [6, 6.07) is 5.92. The predicted octanol–water partition coefficient (Wildman–Crippen LogP) is 3.91. The molecule has 2 aliphatic rings. The molecule has 4 heterocycles. The normalized spacial score (nSPS) is 20.8. The van der Waals surface area contributed by atoms with Crippen molar-refractivity contribution < 1.29 is 4.79 Å². The molecule has 0 N–H and O–H groups in total. The van der Waals surface area contributed by atoms with E-state index in [4.69, 9.17) is 0 Å². The van der Waals surface area contributed by atoms with Crippen LogP contribution in [0.15, 0.2) is 54.8 Å². The molecule has 2 aromatic rings. The van der Waals surface area contributed by atoms with E-state index in [1.165, 1.54) is 0 Å². The molecule has 0 radical (unpaired) electrons. The number of amides is 1. The summed E-state index contributed by atoms with van der Waals surface area (Å²) in [4.78, 5) is 31.6. The fraction of sp³-hybridized carbons (Fsp3) is 0.385. The first-order valence-corrected chi connectivity index (χ1v) is 11.1. The van der Waals surface area contributed by atoms with Gasteiger partial charge < -0.3 is 9.80 Å². The number of anilines is 1. The van der Waals surface area contributed by atoms with Gasteiger partial charge in [0.2, 0.25) is 5.95 Å². The lowest BCUT2D eigenvalue weighted by molar-refractivity contribution is -0.126. The lowest BCUT2D eigenvalue weighted by atomic mass is 9.97. The SMILES string of the molecule is C=C/C(=C(\C(=C)C)C(=O)N1CC2CN(c3nc(C)cc(C)n3)CC2C1)c1ccc(C)cn1. The lowest BCUT2D eigenvalue weighted by Gasteiger charge is -2.24. The van der Waals surface area contributed by atoms with E-state index in [0.29, 0.717) is 17.4 Å². The molecule has 6 heteroatoms. The van der Waals surface area contributed by atoms with Crippen LogP contribution in [0.1, 0.15) is 29.6 Å². The molecule has 2 atom stereocenters. The van der Waals surface area contributed by atoms with Gasteiger partial charge in [0.15, 0.2) is 0 Å². The Morgan fingerprint density at radius 2 is 1.69 bits per heavy atom. The van der Waals surface area contributed by atoms with Gasteiger partial charge in [0.1, 0.15) is 0 Å². The molecule has 2 aliphatic heterocycles. The van der Waals surface area contributed by atoms with Crippen LogP contribution in [0.3, 0.4) is 0 Å². The van der Waals surface area contributed by atoms with Crippen LogP contribution in [0.2, 0.25) is 0 Å². The summed E-state index contributed by atoms with van der Waals surface area (Å²) in [7, 11) is 0. The summed E-state index contributed by atoms with van der Waals surface area (Å²) >= 11 is 0. The number of pyridine rings is 1. The summed E-state index contributed by atoms with van der Waals surface area (Å²) in [5, 5.41) is 0. The van der Waals surface area contributed by atoms with E-state index in [-0.39, 0.29) is 5.91 Å². The molecule has 0 aromatic carbocycles. The van der Waals surface area contributed by atoms with E-state index in [1.807, 2.05) is 57.0 Å².